The first-order chi connectivity index (χ1) is 9.81. The highest BCUT2D eigenvalue weighted by atomic mass is 16.3. The number of aromatic hydroxyl groups is 1. The van der Waals surface area contributed by atoms with Gasteiger partial charge in [0.2, 0.25) is 0 Å². The van der Waals surface area contributed by atoms with Crippen molar-refractivity contribution in [3.05, 3.63) is 90.0 Å². The van der Waals surface area contributed by atoms with Gasteiger partial charge in [0, 0.05) is 0 Å². The summed E-state index contributed by atoms with van der Waals surface area (Å²) in [5, 5.41) is 9.10. The van der Waals surface area contributed by atoms with E-state index in [0.717, 1.165) is 5.56 Å². The molecule has 2 bridgehead atoms. The smallest absolute Gasteiger partial charge is 0.115 e. The minimum atomic E-state index is 0.305. The molecule has 1 heteroatoms. The molecule has 0 fully saturated rings. The van der Waals surface area contributed by atoms with Crippen LogP contribution in [-0.4, -0.2) is 5.11 Å². The fourth-order valence-electron chi connectivity index (χ4n) is 2.24. The second-order valence-corrected chi connectivity index (χ2v) is 4.91. The number of fused-ring (bicyclic) bond motifs is 2. The van der Waals surface area contributed by atoms with E-state index in [1.54, 1.807) is 12.1 Å². The maximum atomic E-state index is 9.10. The molecule has 0 aromatic heterocycles. The van der Waals surface area contributed by atoms with Crippen LogP contribution in [0.25, 0.3) is 11.1 Å². The average Bonchev–Trinajstić information content (AvgIpc) is 2.50. The molecular formula is C19H16O. The Morgan fingerprint density at radius 1 is 0.600 bits per heavy atom. The second kappa shape index (κ2) is 5.62. The molecular weight excluding hydrogens is 244 g/mol. The van der Waals surface area contributed by atoms with Gasteiger partial charge in [0.05, 0.1) is 0 Å². The summed E-state index contributed by atoms with van der Waals surface area (Å²) < 4.78 is 0. The second-order valence-electron chi connectivity index (χ2n) is 4.91. The number of rotatable bonds is 1. The van der Waals surface area contributed by atoms with E-state index >= 15 is 0 Å². The van der Waals surface area contributed by atoms with E-state index in [-0.39, 0.29) is 0 Å². The highest BCUT2D eigenvalue weighted by Crippen LogP contribution is 2.21. The predicted molar refractivity (Wildman–Crippen MR) is 82.8 cm³/mol. The van der Waals surface area contributed by atoms with Crippen LogP contribution < -0.4 is 0 Å². The lowest BCUT2D eigenvalue weighted by Crippen LogP contribution is -1.97. The summed E-state index contributed by atoms with van der Waals surface area (Å²) in [6.07, 6.45) is 1.22. The molecule has 0 saturated heterocycles. The van der Waals surface area contributed by atoms with Crippen molar-refractivity contribution < 1.29 is 5.11 Å². The van der Waals surface area contributed by atoms with Crippen LogP contribution in [0.1, 0.15) is 11.1 Å². The molecule has 0 unspecified atom stereocenters. The summed E-state index contributed by atoms with van der Waals surface area (Å²) in [6, 6.07) is 25.9. The third-order valence-electron chi connectivity index (χ3n) is 3.37. The third kappa shape index (κ3) is 2.89. The Morgan fingerprint density at radius 2 is 1.15 bits per heavy atom. The highest BCUT2D eigenvalue weighted by molar-refractivity contribution is 5.63. The minimum absolute atomic E-state index is 0.305. The standard InChI is InChI=1S/C12H10O.C7H6/c13-12-8-6-11(7-9-12)10-4-2-1-3-5-10;1-2-6-4-7(3-1)5-6/h1-9,13H;1-4H,5H2. The van der Waals surface area contributed by atoms with Crippen molar-refractivity contribution in [1.29, 1.82) is 0 Å². The first-order valence-corrected chi connectivity index (χ1v) is 6.73. The number of hydrogen-bond acceptors (Lipinski definition) is 1. The monoisotopic (exact) mass is 260 g/mol. The van der Waals surface area contributed by atoms with Crippen molar-refractivity contribution >= 4 is 0 Å². The van der Waals surface area contributed by atoms with E-state index in [2.05, 4.69) is 24.3 Å². The first kappa shape index (κ1) is 12.5. The van der Waals surface area contributed by atoms with Crippen LogP contribution in [0.3, 0.4) is 0 Å². The summed E-state index contributed by atoms with van der Waals surface area (Å²) in [5.41, 5.74) is 5.26. The first-order valence-electron chi connectivity index (χ1n) is 6.73. The van der Waals surface area contributed by atoms with Crippen molar-refractivity contribution in [2.45, 2.75) is 6.42 Å². The molecule has 0 saturated carbocycles. The molecule has 2 aliphatic rings. The topological polar surface area (TPSA) is 20.2 Å². The van der Waals surface area contributed by atoms with Crippen molar-refractivity contribution in [2.75, 3.05) is 0 Å². The number of hydrogen-bond donors (Lipinski definition) is 1. The SMILES string of the molecule is Oc1ccc(-c2ccccc2)cc1.c1cc2cc(c1)C2. The molecule has 5 rings (SSSR count). The van der Waals surface area contributed by atoms with E-state index in [9.17, 15) is 0 Å². The van der Waals surface area contributed by atoms with Crippen LogP contribution >= 0.6 is 0 Å². The molecule has 2 aliphatic carbocycles. The van der Waals surface area contributed by atoms with Crippen LogP contribution in [0.4, 0.5) is 0 Å². The number of benzene rings is 3. The largest absolute Gasteiger partial charge is 0.508 e. The van der Waals surface area contributed by atoms with Crippen molar-refractivity contribution in [1.82, 2.24) is 0 Å². The van der Waals surface area contributed by atoms with Gasteiger partial charge in [-0.1, -0.05) is 66.7 Å². The molecule has 3 aromatic carbocycles. The molecule has 0 amide bonds. The van der Waals surface area contributed by atoms with E-state index in [1.165, 1.54) is 23.1 Å². The van der Waals surface area contributed by atoms with Gasteiger partial charge in [0.25, 0.3) is 0 Å². The molecule has 0 atom stereocenters. The molecule has 0 aliphatic heterocycles. The van der Waals surface area contributed by atoms with Crippen LogP contribution in [0, 0.1) is 0 Å². The Morgan fingerprint density at radius 3 is 1.60 bits per heavy atom. The zero-order valence-corrected chi connectivity index (χ0v) is 11.2. The van der Waals surface area contributed by atoms with Crippen LogP contribution in [-0.2, 0) is 6.42 Å². The quantitative estimate of drug-likeness (QED) is 0.528. The van der Waals surface area contributed by atoms with Gasteiger partial charge in [-0.25, -0.2) is 0 Å². The Kier molecular flexibility index (Phi) is 3.51. The lowest BCUT2D eigenvalue weighted by molar-refractivity contribution is 0.475. The summed E-state index contributed by atoms with van der Waals surface area (Å²) in [6.45, 7) is 0. The summed E-state index contributed by atoms with van der Waals surface area (Å²) in [5.74, 6) is 0.305. The summed E-state index contributed by atoms with van der Waals surface area (Å²) >= 11 is 0. The summed E-state index contributed by atoms with van der Waals surface area (Å²) in [7, 11) is 0. The van der Waals surface area contributed by atoms with Gasteiger partial charge in [0.1, 0.15) is 5.75 Å². The molecule has 3 aromatic rings. The Hall–Kier alpha value is -2.54. The zero-order chi connectivity index (χ0) is 13.8. The van der Waals surface area contributed by atoms with Gasteiger partial charge in [-0.15, -0.1) is 0 Å². The normalized spacial score (nSPS) is 11.0. The van der Waals surface area contributed by atoms with E-state index in [1.807, 2.05) is 42.5 Å². The maximum absolute atomic E-state index is 9.10. The zero-order valence-electron chi connectivity index (χ0n) is 11.2. The summed E-state index contributed by atoms with van der Waals surface area (Å²) in [4.78, 5) is 0. The Labute approximate surface area is 119 Å². The third-order valence-corrected chi connectivity index (χ3v) is 3.37. The van der Waals surface area contributed by atoms with Crippen molar-refractivity contribution in [3.63, 3.8) is 0 Å². The molecule has 1 N–H and O–H groups in total. The van der Waals surface area contributed by atoms with E-state index in [0.29, 0.717) is 5.75 Å². The maximum Gasteiger partial charge on any atom is 0.115 e. The van der Waals surface area contributed by atoms with Gasteiger partial charge in [-0.3, -0.25) is 0 Å². The molecule has 98 valence electrons. The molecule has 0 spiro atoms. The number of phenolic OH excluding ortho intramolecular Hbond substituents is 1. The van der Waals surface area contributed by atoms with Crippen LogP contribution in [0.5, 0.6) is 5.75 Å². The van der Waals surface area contributed by atoms with Crippen molar-refractivity contribution in [2.24, 2.45) is 0 Å². The molecule has 20 heavy (non-hydrogen) atoms. The Balaban J connectivity index is 0.000000144. The average molecular weight is 260 g/mol. The van der Waals surface area contributed by atoms with Crippen LogP contribution in [0.15, 0.2) is 78.9 Å². The molecule has 1 nitrogen and oxygen atoms in total. The fourth-order valence-corrected chi connectivity index (χ4v) is 2.24. The lowest BCUT2D eigenvalue weighted by atomic mass is 9.94. The van der Waals surface area contributed by atoms with Crippen LogP contribution in [0.2, 0.25) is 0 Å². The van der Waals surface area contributed by atoms with Crippen molar-refractivity contribution in [3.8, 4) is 16.9 Å². The van der Waals surface area contributed by atoms with Gasteiger partial charge in [0.15, 0.2) is 0 Å². The predicted octanol–water partition coefficient (Wildman–Crippen LogP) is 4.65. The van der Waals surface area contributed by atoms with E-state index in [4.69, 9.17) is 5.11 Å². The fraction of sp³-hybridized carbons (Fsp3) is 0.0526. The lowest BCUT2D eigenvalue weighted by Gasteiger charge is -2.11. The molecule has 0 radical (unpaired) electrons. The van der Waals surface area contributed by atoms with E-state index < -0.39 is 0 Å². The van der Waals surface area contributed by atoms with Gasteiger partial charge >= 0.3 is 0 Å². The van der Waals surface area contributed by atoms with Gasteiger partial charge in [-0.2, -0.15) is 0 Å². The number of phenols is 1. The van der Waals surface area contributed by atoms with Gasteiger partial charge < -0.3 is 5.11 Å². The highest BCUT2D eigenvalue weighted by Gasteiger charge is 2.04. The molecule has 0 heterocycles. The van der Waals surface area contributed by atoms with Gasteiger partial charge in [-0.05, 0) is 40.8 Å². The minimum Gasteiger partial charge on any atom is -0.508 e. The Bertz CT molecular complexity index is 660.